The van der Waals surface area contributed by atoms with E-state index in [1.165, 1.54) is 11.3 Å². The van der Waals surface area contributed by atoms with Crippen molar-refractivity contribution in [2.24, 2.45) is 0 Å². The summed E-state index contributed by atoms with van der Waals surface area (Å²) in [6, 6.07) is 17.4. The second kappa shape index (κ2) is 6.78. The van der Waals surface area contributed by atoms with Crippen LogP contribution in [0.4, 0.5) is 0 Å². The number of aromatic nitrogens is 1. The fourth-order valence-corrected chi connectivity index (χ4v) is 3.51. The van der Waals surface area contributed by atoms with Crippen LogP contribution in [0.1, 0.15) is 10.6 Å². The van der Waals surface area contributed by atoms with Crippen LogP contribution < -0.4 is 5.56 Å². The molecule has 0 amide bonds. The van der Waals surface area contributed by atoms with Gasteiger partial charge < -0.3 is 0 Å². The molecule has 0 radical (unpaired) electrons. The highest BCUT2D eigenvalue weighted by molar-refractivity contribution is 7.98. The lowest BCUT2D eigenvalue weighted by Crippen LogP contribution is -2.07. The van der Waals surface area contributed by atoms with Gasteiger partial charge in [0.25, 0.3) is 5.56 Å². The van der Waals surface area contributed by atoms with Crippen LogP contribution in [-0.4, -0.2) is 11.2 Å². The van der Waals surface area contributed by atoms with Gasteiger partial charge in [-0.2, -0.15) is 10.2 Å². The Morgan fingerprint density at radius 1 is 1.22 bits per heavy atom. The van der Waals surface area contributed by atoms with Gasteiger partial charge in [-0.1, -0.05) is 24.3 Å². The molecule has 2 aromatic carbocycles. The van der Waals surface area contributed by atoms with Gasteiger partial charge in [0, 0.05) is 9.60 Å². The van der Waals surface area contributed by atoms with Gasteiger partial charge in [0.1, 0.15) is 11.1 Å². The third kappa shape index (κ3) is 3.34. The minimum absolute atomic E-state index is 0.298. The van der Waals surface area contributed by atoms with Crippen LogP contribution in [-0.2, 0) is 0 Å². The fraction of sp³-hybridized carbons (Fsp3) is 0.0556. The molecule has 0 aliphatic heterocycles. The topological polar surface area (TPSA) is 53.8 Å². The lowest BCUT2D eigenvalue weighted by molar-refractivity contribution is 1.28. The Morgan fingerprint density at radius 3 is 2.65 bits per heavy atom. The molecule has 3 aromatic rings. The van der Waals surface area contributed by atoms with E-state index in [0.29, 0.717) is 16.0 Å². The molecule has 0 N–H and O–H groups in total. The smallest absolute Gasteiger partial charge is 0.267 e. The number of nitriles is 1. The molecule has 0 bridgehead atoms. The number of hydrogen-bond acceptors (Lipinski definition) is 5. The number of allylic oxidation sites excluding steroid dienone is 1. The number of nitrogens with zero attached hydrogens (tertiary/aromatic N) is 2. The summed E-state index contributed by atoms with van der Waals surface area (Å²) in [5.74, 6) is 0. The Hall–Kier alpha value is -2.42. The normalized spacial score (nSPS) is 11.4. The summed E-state index contributed by atoms with van der Waals surface area (Å²) in [5, 5.41) is 10.5. The first-order valence-electron chi connectivity index (χ1n) is 6.87. The van der Waals surface area contributed by atoms with Gasteiger partial charge in [-0.3, -0.25) is 4.79 Å². The number of hydrogen-bond donors (Lipinski definition) is 0. The monoisotopic (exact) mass is 336 g/mol. The molecule has 0 fully saturated rings. The van der Waals surface area contributed by atoms with Crippen molar-refractivity contribution in [2.75, 3.05) is 6.26 Å². The average molecular weight is 336 g/mol. The highest BCUT2D eigenvalue weighted by Crippen LogP contribution is 2.24. The van der Waals surface area contributed by atoms with Gasteiger partial charge in [0.2, 0.25) is 0 Å². The quantitative estimate of drug-likeness (QED) is 0.524. The summed E-state index contributed by atoms with van der Waals surface area (Å²) in [5.41, 5.74) is 1.01. The third-order valence-corrected chi connectivity index (χ3v) is 5.13. The molecule has 0 unspecified atom stereocenters. The summed E-state index contributed by atoms with van der Waals surface area (Å²) >= 11 is 3.02. The van der Waals surface area contributed by atoms with E-state index in [1.54, 1.807) is 23.9 Å². The fourth-order valence-electron chi connectivity index (χ4n) is 2.14. The molecule has 0 aliphatic rings. The van der Waals surface area contributed by atoms with Gasteiger partial charge in [-0.05, 0) is 42.2 Å². The van der Waals surface area contributed by atoms with Crippen LogP contribution in [0.3, 0.4) is 0 Å². The molecule has 1 aromatic heterocycles. The number of fused-ring (bicyclic) bond motifs is 1. The first-order valence-corrected chi connectivity index (χ1v) is 8.91. The van der Waals surface area contributed by atoms with Crippen LogP contribution in [0.25, 0.3) is 21.7 Å². The van der Waals surface area contributed by atoms with E-state index in [2.05, 4.69) is 11.1 Å². The van der Waals surface area contributed by atoms with Crippen LogP contribution in [0.15, 0.2) is 58.2 Å². The molecule has 5 heteroatoms. The predicted octanol–water partition coefficient (Wildman–Crippen LogP) is 4.44. The van der Waals surface area contributed by atoms with Crippen molar-refractivity contribution in [1.82, 2.24) is 4.98 Å². The van der Waals surface area contributed by atoms with Crippen molar-refractivity contribution in [3.8, 4) is 6.07 Å². The van der Waals surface area contributed by atoms with Crippen LogP contribution in [0.2, 0.25) is 0 Å². The molecular formula is C18H12N2OS2. The van der Waals surface area contributed by atoms with E-state index in [1.807, 2.05) is 48.7 Å². The number of benzene rings is 2. The van der Waals surface area contributed by atoms with Crippen molar-refractivity contribution in [2.45, 2.75) is 4.90 Å². The van der Waals surface area contributed by atoms with Crippen molar-refractivity contribution in [3.63, 3.8) is 0 Å². The summed E-state index contributed by atoms with van der Waals surface area (Å²) in [4.78, 5) is 17.3. The van der Waals surface area contributed by atoms with Gasteiger partial charge >= 0.3 is 0 Å². The van der Waals surface area contributed by atoms with E-state index in [9.17, 15) is 10.1 Å². The van der Waals surface area contributed by atoms with Crippen LogP contribution in [0, 0.1) is 11.3 Å². The molecule has 0 atom stereocenters. The number of thioether (sulfide) groups is 1. The minimum atomic E-state index is -0.298. The molecule has 3 nitrogen and oxygen atoms in total. The van der Waals surface area contributed by atoms with Gasteiger partial charge in [-0.15, -0.1) is 23.1 Å². The molecule has 23 heavy (non-hydrogen) atoms. The summed E-state index contributed by atoms with van der Waals surface area (Å²) in [6.07, 6.45) is 3.78. The average Bonchev–Trinajstić information content (AvgIpc) is 2.60. The second-order valence-electron chi connectivity index (χ2n) is 4.76. The van der Waals surface area contributed by atoms with Crippen LogP contribution >= 0.6 is 23.1 Å². The lowest BCUT2D eigenvalue weighted by Gasteiger charge is -2.01. The molecule has 112 valence electrons. The Balaban J connectivity index is 2.08. The maximum Gasteiger partial charge on any atom is 0.279 e. The maximum atomic E-state index is 12.1. The summed E-state index contributed by atoms with van der Waals surface area (Å²) in [6.45, 7) is 0. The maximum absolute atomic E-state index is 12.1. The van der Waals surface area contributed by atoms with Gasteiger partial charge in [-0.25, -0.2) is 0 Å². The second-order valence-corrected chi connectivity index (χ2v) is 6.67. The minimum Gasteiger partial charge on any atom is -0.267 e. The van der Waals surface area contributed by atoms with Crippen molar-refractivity contribution in [3.05, 3.63) is 69.5 Å². The number of rotatable bonds is 3. The highest BCUT2D eigenvalue weighted by atomic mass is 32.2. The molecule has 1 heterocycles. The van der Waals surface area contributed by atoms with Crippen LogP contribution in [0.5, 0.6) is 0 Å². The van der Waals surface area contributed by atoms with Gasteiger partial charge in [0.15, 0.2) is 0 Å². The Kier molecular flexibility index (Phi) is 4.56. The van der Waals surface area contributed by atoms with E-state index < -0.39 is 0 Å². The molecule has 3 rings (SSSR count). The molecule has 0 spiro atoms. The van der Waals surface area contributed by atoms with E-state index in [-0.39, 0.29) is 5.56 Å². The molecular weight excluding hydrogens is 324 g/mol. The zero-order chi connectivity index (χ0) is 16.2. The first-order chi connectivity index (χ1) is 11.2. The predicted molar refractivity (Wildman–Crippen MR) is 97.6 cm³/mol. The summed E-state index contributed by atoms with van der Waals surface area (Å²) < 4.78 is 0.835. The lowest BCUT2D eigenvalue weighted by atomic mass is 10.1. The van der Waals surface area contributed by atoms with E-state index in [4.69, 9.17) is 0 Å². The SMILES string of the molecule is CSc1ccc(C=C(C#N)c2nc(=O)c3ccccc3s2)cc1. The zero-order valence-corrected chi connectivity index (χ0v) is 13.9. The van der Waals surface area contributed by atoms with Crippen molar-refractivity contribution < 1.29 is 0 Å². The standard InChI is InChI=1S/C18H12N2OS2/c1-22-14-8-6-12(7-9-14)10-13(11-19)18-20-17(21)15-4-2-3-5-16(15)23-18/h2-10H,1H3. The summed E-state index contributed by atoms with van der Waals surface area (Å²) in [7, 11) is 0. The van der Waals surface area contributed by atoms with E-state index in [0.717, 1.165) is 15.2 Å². The van der Waals surface area contributed by atoms with Gasteiger partial charge in [0.05, 0.1) is 11.0 Å². The molecule has 0 aliphatic carbocycles. The largest absolute Gasteiger partial charge is 0.279 e. The van der Waals surface area contributed by atoms with E-state index >= 15 is 0 Å². The van der Waals surface area contributed by atoms with Crippen molar-refractivity contribution in [1.29, 1.82) is 5.26 Å². The highest BCUT2D eigenvalue weighted by Gasteiger charge is 2.08. The molecule has 0 saturated heterocycles. The van der Waals surface area contributed by atoms with Crippen molar-refractivity contribution >= 4 is 44.8 Å². The first kappa shape index (κ1) is 15.5. The Bertz CT molecular complexity index is 982. The zero-order valence-electron chi connectivity index (χ0n) is 12.3. The Labute approximate surface area is 141 Å². The Morgan fingerprint density at radius 2 is 1.96 bits per heavy atom. The third-order valence-electron chi connectivity index (χ3n) is 3.30. The molecule has 0 saturated carbocycles.